The van der Waals surface area contributed by atoms with Gasteiger partial charge in [0, 0.05) is 40.6 Å². The molecule has 0 radical (unpaired) electrons. The van der Waals surface area contributed by atoms with Gasteiger partial charge in [-0.1, -0.05) is 18.0 Å². The molecule has 5 rings (SSSR count). The molecule has 2 saturated carbocycles. The minimum atomic E-state index is -3.51. The van der Waals surface area contributed by atoms with Gasteiger partial charge in [-0.3, -0.25) is 4.79 Å². The maximum atomic E-state index is 13.2. The Morgan fingerprint density at radius 1 is 1.09 bits per heavy atom. The number of nitrogens with zero attached hydrogens (tertiary/aromatic N) is 1. The maximum Gasteiger partial charge on any atom is 0.252 e. The van der Waals surface area contributed by atoms with E-state index < -0.39 is 10.0 Å². The number of halogens is 1. The van der Waals surface area contributed by atoms with Crippen molar-refractivity contribution >= 4 is 38.9 Å². The number of hydrogen-bond acceptors (Lipinski definition) is 5. The highest BCUT2D eigenvalue weighted by Gasteiger charge is 2.42. The van der Waals surface area contributed by atoms with Crippen LogP contribution >= 0.6 is 22.9 Å². The third-order valence-electron chi connectivity index (χ3n) is 7.10. The van der Waals surface area contributed by atoms with Crippen LogP contribution < -0.4 is 10.6 Å². The van der Waals surface area contributed by atoms with Crippen molar-refractivity contribution in [3.63, 3.8) is 0 Å². The molecular formula is C23H28ClN3O3S2. The van der Waals surface area contributed by atoms with E-state index in [0.717, 1.165) is 23.1 Å². The molecule has 2 bridgehead atoms. The largest absolute Gasteiger partial charge is 0.347 e. The molecule has 1 saturated heterocycles. The summed E-state index contributed by atoms with van der Waals surface area (Å²) in [6, 6.07) is 10.9. The normalized spacial score (nSPS) is 27.8. The maximum absolute atomic E-state index is 13.2. The molecule has 1 unspecified atom stereocenters. The first-order chi connectivity index (χ1) is 15.4. The Morgan fingerprint density at radius 3 is 2.62 bits per heavy atom. The lowest BCUT2D eigenvalue weighted by molar-refractivity contribution is 0.0951. The summed E-state index contributed by atoms with van der Waals surface area (Å²) in [6.07, 6.45) is 6.16. The number of amides is 1. The summed E-state index contributed by atoms with van der Waals surface area (Å²) in [6.45, 7) is 1.38. The summed E-state index contributed by atoms with van der Waals surface area (Å²) in [5, 5.41) is 7.17. The summed E-state index contributed by atoms with van der Waals surface area (Å²) in [5.74, 6) is 1.45. The van der Waals surface area contributed by atoms with Crippen LogP contribution in [0, 0.1) is 11.8 Å². The van der Waals surface area contributed by atoms with E-state index in [1.165, 1.54) is 37.0 Å². The second-order valence-electron chi connectivity index (χ2n) is 9.21. The van der Waals surface area contributed by atoms with Gasteiger partial charge in [0.05, 0.1) is 6.54 Å². The summed E-state index contributed by atoms with van der Waals surface area (Å²) < 4.78 is 28.3. The summed E-state index contributed by atoms with van der Waals surface area (Å²) in [5.41, 5.74) is 0.518. The second kappa shape index (κ2) is 9.06. The summed E-state index contributed by atoms with van der Waals surface area (Å²) >= 11 is 7.08. The average Bonchev–Trinajstić information content (AvgIpc) is 3.57. The van der Waals surface area contributed by atoms with Crippen LogP contribution in [0.2, 0.25) is 5.02 Å². The van der Waals surface area contributed by atoms with E-state index in [9.17, 15) is 13.2 Å². The van der Waals surface area contributed by atoms with Crippen LogP contribution in [-0.4, -0.2) is 43.8 Å². The van der Waals surface area contributed by atoms with Gasteiger partial charge in [0.2, 0.25) is 0 Å². The van der Waals surface area contributed by atoms with Crippen molar-refractivity contribution in [3.8, 4) is 0 Å². The number of thiophene rings is 1. The van der Waals surface area contributed by atoms with Crippen molar-refractivity contribution in [2.24, 2.45) is 11.8 Å². The highest BCUT2D eigenvalue weighted by atomic mass is 35.5. The molecule has 1 amide bonds. The van der Waals surface area contributed by atoms with Gasteiger partial charge >= 0.3 is 0 Å². The lowest BCUT2D eigenvalue weighted by Crippen LogP contribution is -2.43. The molecule has 0 spiro atoms. The van der Waals surface area contributed by atoms with Crippen molar-refractivity contribution < 1.29 is 13.2 Å². The van der Waals surface area contributed by atoms with Gasteiger partial charge in [-0.15, -0.1) is 11.3 Å². The van der Waals surface area contributed by atoms with E-state index in [4.69, 9.17) is 11.6 Å². The number of carbonyl (C=O) groups is 1. The van der Waals surface area contributed by atoms with Crippen LogP contribution in [0.3, 0.4) is 0 Å². The summed E-state index contributed by atoms with van der Waals surface area (Å²) in [4.78, 5) is 13.1. The molecule has 32 heavy (non-hydrogen) atoms. The molecule has 3 aliphatic rings. The fraction of sp³-hybridized carbons (Fsp3) is 0.522. The number of carbonyl (C=O) groups excluding carboxylic acids is 1. The third-order valence-corrected chi connectivity index (χ3v) is 10.8. The van der Waals surface area contributed by atoms with E-state index in [0.29, 0.717) is 33.9 Å². The predicted molar refractivity (Wildman–Crippen MR) is 126 cm³/mol. The van der Waals surface area contributed by atoms with Crippen LogP contribution in [0.25, 0.3) is 0 Å². The van der Waals surface area contributed by atoms with Gasteiger partial charge in [0.1, 0.15) is 4.21 Å². The standard InChI is InChI=1S/C23H28ClN3O3S2/c24-18-5-3-16(4-6-18)23(28)25-13-20-7-8-22(31-20)32(29,30)27-10-9-19(14-27)26-21-12-15-1-2-17(21)11-15/h3-8,15,17,19,21,26H,1-2,9-14H2,(H,25,28)/t15-,17+,19?,21+/m0/s1. The molecule has 2 aromatic rings. The number of nitrogens with one attached hydrogen (secondary N) is 2. The third kappa shape index (κ3) is 4.61. The first-order valence-corrected chi connectivity index (χ1v) is 13.9. The molecule has 2 heterocycles. The first kappa shape index (κ1) is 22.3. The number of fused-ring (bicyclic) bond motifs is 2. The van der Waals surface area contributed by atoms with Gasteiger partial charge in [0.25, 0.3) is 15.9 Å². The molecule has 4 atom stereocenters. The van der Waals surface area contributed by atoms with Crippen LogP contribution in [0.4, 0.5) is 0 Å². The van der Waals surface area contributed by atoms with Crippen molar-refractivity contribution in [1.29, 1.82) is 0 Å². The zero-order valence-corrected chi connectivity index (χ0v) is 20.2. The zero-order chi connectivity index (χ0) is 22.3. The van der Waals surface area contributed by atoms with E-state index in [-0.39, 0.29) is 18.5 Å². The number of rotatable bonds is 7. The van der Waals surface area contributed by atoms with Gasteiger partial charge in [0.15, 0.2) is 0 Å². The molecule has 3 fully saturated rings. The van der Waals surface area contributed by atoms with E-state index in [1.807, 2.05) is 0 Å². The van der Waals surface area contributed by atoms with Crippen molar-refractivity contribution in [3.05, 3.63) is 51.9 Å². The Morgan fingerprint density at radius 2 is 1.91 bits per heavy atom. The fourth-order valence-electron chi connectivity index (χ4n) is 5.42. The van der Waals surface area contributed by atoms with Gasteiger partial charge < -0.3 is 10.6 Å². The molecular weight excluding hydrogens is 466 g/mol. The van der Waals surface area contributed by atoms with E-state index in [1.54, 1.807) is 40.7 Å². The SMILES string of the molecule is O=C(NCc1ccc(S(=O)(=O)N2CCC(N[C@@H]3C[C@H]4CC[C@@H]3C4)C2)s1)c1ccc(Cl)cc1. The molecule has 9 heteroatoms. The molecule has 2 N–H and O–H groups in total. The van der Waals surface area contributed by atoms with E-state index in [2.05, 4.69) is 10.6 Å². The number of benzene rings is 1. The Balaban J connectivity index is 1.16. The number of hydrogen-bond donors (Lipinski definition) is 2. The predicted octanol–water partition coefficient (Wildman–Crippen LogP) is 3.87. The molecule has 6 nitrogen and oxygen atoms in total. The number of sulfonamides is 1. The average molecular weight is 494 g/mol. The van der Waals surface area contributed by atoms with Gasteiger partial charge in [-0.2, -0.15) is 4.31 Å². The van der Waals surface area contributed by atoms with Crippen LogP contribution in [0.15, 0.2) is 40.6 Å². The molecule has 1 aromatic heterocycles. The van der Waals surface area contributed by atoms with Crippen molar-refractivity contribution in [2.45, 2.75) is 54.9 Å². The lowest BCUT2D eigenvalue weighted by Gasteiger charge is -2.26. The highest BCUT2D eigenvalue weighted by molar-refractivity contribution is 7.91. The van der Waals surface area contributed by atoms with E-state index >= 15 is 0 Å². The Bertz CT molecular complexity index is 1090. The van der Waals surface area contributed by atoms with Crippen molar-refractivity contribution in [1.82, 2.24) is 14.9 Å². The second-order valence-corrected chi connectivity index (χ2v) is 13.0. The van der Waals surface area contributed by atoms with Crippen LogP contribution in [0.1, 0.15) is 47.3 Å². The zero-order valence-electron chi connectivity index (χ0n) is 17.8. The molecule has 1 aliphatic heterocycles. The molecule has 1 aromatic carbocycles. The smallest absolute Gasteiger partial charge is 0.252 e. The monoisotopic (exact) mass is 493 g/mol. The van der Waals surface area contributed by atoms with Gasteiger partial charge in [-0.05, 0) is 73.9 Å². The van der Waals surface area contributed by atoms with Crippen LogP contribution in [-0.2, 0) is 16.6 Å². The quantitative estimate of drug-likeness (QED) is 0.613. The highest BCUT2D eigenvalue weighted by Crippen LogP contribution is 2.44. The Labute approximate surface area is 198 Å². The Hall–Kier alpha value is -1.45. The fourth-order valence-corrected chi connectivity index (χ4v) is 8.50. The lowest BCUT2D eigenvalue weighted by atomic mass is 9.94. The molecule has 172 valence electrons. The summed E-state index contributed by atoms with van der Waals surface area (Å²) in [7, 11) is -3.51. The van der Waals surface area contributed by atoms with Crippen LogP contribution in [0.5, 0.6) is 0 Å². The molecule has 2 aliphatic carbocycles. The Kier molecular flexibility index (Phi) is 6.33. The van der Waals surface area contributed by atoms with Gasteiger partial charge in [-0.25, -0.2) is 8.42 Å². The first-order valence-electron chi connectivity index (χ1n) is 11.3. The minimum absolute atomic E-state index is 0.214. The van der Waals surface area contributed by atoms with Crippen molar-refractivity contribution in [2.75, 3.05) is 13.1 Å². The minimum Gasteiger partial charge on any atom is -0.347 e. The topological polar surface area (TPSA) is 78.5 Å².